The summed E-state index contributed by atoms with van der Waals surface area (Å²) >= 11 is 0. The lowest BCUT2D eigenvalue weighted by atomic mass is 10.1. The van der Waals surface area contributed by atoms with E-state index < -0.39 is 5.82 Å². The van der Waals surface area contributed by atoms with Crippen LogP contribution in [0.25, 0.3) is 22.8 Å². The molecular formula is C18H13FN4O3. The summed E-state index contributed by atoms with van der Waals surface area (Å²) < 4.78 is 23.8. The molecule has 8 heteroatoms. The fraction of sp³-hybridized carbons (Fsp3) is 0.0556. The highest BCUT2D eigenvalue weighted by Crippen LogP contribution is 2.22. The average molecular weight is 352 g/mol. The number of hydrogen-bond acceptors (Lipinski definition) is 5. The van der Waals surface area contributed by atoms with Gasteiger partial charge in [-0.3, -0.25) is 9.89 Å². The predicted molar refractivity (Wildman–Crippen MR) is 89.4 cm³/mol. The Morgan fingerprint density at radius 2 is 2.12 bits per heavy atom. The molecular weight excluding hydrogens is 339 g/mol. The standard InChI is InChI=1S/C18H13FN4O3/c19-12-4-1-3-11(7-12)17-14(10-21-22-17)18(24)20-9-13-8-16(26-23-13)15-5-2-6-25-15/h1-8,10H,9H2,(H,20,24)(H,21,22). The minimum absolute atomic E-state index is 0.164. The molecule has 0 spiro atoms. The molecule has 0 radical (unpaired) electrons. The van der Waals surface area contributed by atoms with E-state index in [1.54, 1.807) is 30.3 Å². The number of carbonyl (C=O) groups excluding carboxylic acids is 1. The van der Waals surface area contributed by atoms with Crippen LogP contribution in [0.15, 0.2) is 63.9 Å². The Kier molecular flexibility index (Phi) is 4.06. The third-order valence-electron chi connectivity index (χ3n) is 3.75. The molecule has 4 rings (SSSR count). The van der Waals surface area contributed by atoms with Crippen molar-refractivity contribution in [3.05, 3.63) is 72.0 Å². The van der Waals surface area contributed by atoms with E-state index in [1.807, 2.05) is 0 Å². The van der Waals surface area contributed by atoms with Crippen molar-refractivity contribution in [1.29, 1.82) is 0 Å². The second-order valence-corrected chi connectivity index (χ2v) is 5.51. The van der Waals surface area contributed by atoms with E-state index in [0.717, 1.165) is 0 Å². The van der Waals surface area contributed by atoms with Crippen molar-refractivity contribution in [3.63, 3.8) is 0 Å². The molecule has 7 nitrogen and oxygen atoms in total. The van der Waals surface area contributed by atoms with Gasteiger partial charge in [0.2, 0.25) is 5.76 Å². The summed E-state index contributed by atoms with van der Waals surface area (Å²) in [5.41, 5.74) is 1.83. The zero-order valence-electron chi connectivity index (χ0n) is 13.4. The van der Waals surface area contributed by atoms with Gasteiger partial charge < -0.3 is 14.3 Å². The Morgan fingerprint density at radius 1 is 1.19 bits per heavy atom. The molecule has 4 aromatic rings. The van der Waals surface area contributed by atoms with E-state index >= 15 is 0 Å². The Bertz CT molecular complexity index is 1040. The van der Waals surface area contributed by atoms with Gasteiger partial charge in [0.1, 0.15) is 11.5 Å². The maximum absolute atomic E-state index is 13.4. The first-order chi connectivity index (χ1) is 12.7. The molecule has 1 aromatic carbocycles. The van der Waals surface area contributed by atoms with Gasteiger partial charge >= 0.3 is 0 Å². The van der Waals surface area contributed by atoms with E-state index in [2.05, 4.69) is 20.7 Å². The number of benzene rings is 1. The topological polar surface area (TPSA) is 97.0 Å². The average Bonchev–Trinajstić information content (AvgIpc) is 3.40. The summed E-state index contributed by atoms with van der Waals surface area (Å²) in [7, 11) is 0. The summed E-state index contributed by atoms with van der Waals surface area (Å²) in [5.74, 6) is 0.276. The molecule has 3 aromatic heterocycles. The summed E-state index contributed by atoms with van der Waals surface area (Å²) in [6.07, 6.45) is 2.93. The Balaban J connectivity index is 1.47. The SMILES string of the molecule is O=C(NCc1cc(-c2ccco2)on1)c1cn[nH]c1-c1cccc(F)c1. The van der Waals surface area contributed by atoms with E-state index in [9.17, 15) is 9.18 Å². The first-order valence-electron chi connectivity index (χ1n) is 7.77. The van der Waals surface area contributed by atoms with E-state index in [0.29, 0.717) is 34.0 Å². The molecule has 0 unspecified atom stereocenters. The number of nitrogens with zero attached hydrogens (tertiary/aromatic N) is 2. The van der Waals surface area contributed by atoms with Gasteiger partial charge in [0, 0.05) is 11.6 Å². The molecule has 2 N–H and O–H groups in total. The highest BCUT2D eigenvalue weighted by molar-refractivity contribution is 5.99. The lowest BCUT2D eigenvalue weighted by Crippen LogP contribution is -2.23. The number of halogens is 1. The van der Waals surface area contributed by atoms with Gasteiger partial charge in [0.05, 0.1) is 30.3 Å². The van der Waals surface area contributed by atoms with Gasteiger partial charge in [-0.25, -0.2) is 4.39 Å². The monoisotopic (exact) mass is 352 g/mol. The molecule has 3 heterocycles. The van der Waals surface area contributed by atoms with Gasteiger partial charge in [-0.05, 0) is 24.3 Å². The summed E-state index contributed by atoms with van der Waals surface area (Å²) in [4.78, 5) is 12.5. The second kappa shape index (κ2) is 6.67. The predicted octanol–water partition coefficient (Wildman–Crippen LogP) is 3.39. The van der Waals surface area contributed by atoms with Crippen LogP contribution in [-0.4, -0.2) is 21.3 Å². The van der Waals surface area contributed by atoms with Crippen molar-refractivity contribution >= 4 is 5.91 Å². The fourth-order valence-corrected chi connectivity index (χ4v) is 2.52. The van der Waals surface area contributed by atoms with Gasteiger partial charge in [0.25, 0.3) is 5.91 Å². The molecule has 130 valence electrons. The minimum atomic E-state index is -0.392. The van der Waals surface area contributed by atoms with E-state index in [4.69, 9.17) is 8.94 Å². The van der Waals surface area contributed by atoms with E-state index in [-0.39, 0.29) is 12.5 Å². The number of aromatic amines is 1. The molecule has 0 aliphatic carbocycles. The number of rotatable bonds is 5. The smallest absolute Gasteiger partial charge is 0.255 e. The zero-order chi connectivity index (χ0) is 17.9. The molecule has 0 aliphatic heterocycles. The highest BCUT2D eigenvalue weighted by Gasteiger charge is 2.16. The number of hydrogen-bond donors (Lipinski definition) is 2. The third-order valence-corrected chi connectivity index (χ3v) is 3.75. The molecule has 0 bridgehead atoms. The molecule has 26 heavy (non-hydrogen) atoms. The molecule has 0 saturated heterocycles. The maximum Gasteiger partial charge on any atom is 0.255 e. The van der Waals surface area contributed by atoms with Crippen molar-refractivity contribution in [3.8, 4) is 22.8 Å². The van der Waals surface area contributed by atoms with Gasteiger partial charge in [-0.2, -0.15) is 5.10 Å². The molecule has 1 amide bonds. The Labute approximate surface area is 146 Å². The van der Waals surface area contributed by atoms with Gasteiger partial charge in [-0.1, -0.05) is 17.3 Å². The van der Waals surface area contributed by atoms with Crippen molar-refractivity contribution < 1.29 is 18.1 Å². The lowest BCUT2D eigenvalue weighted by molar-refractivity contribution is 0.0951. The minimum Gasteiger partial charge on any atom is -0.461 e. The van der Waals surface area contributed by atoms with Crippen LogP contribution in [0.2, 0.25) is 0 Å². The third kappa shape index (κ3) is 3.12. The van der Waals surface area contributed by atoms with Crippen LogP contribution in [0.1, 0.15) is 16.1 Å². The lowest BCUT2D eigenvalue weighted by Gasteiger charge is -2.04. The summed E-state index contributed by atoms with van der Waals surface area (Å²) in [6.45, 7) is 0.164. The fourth-order valence-electron chi connectivity index (χ4n) is 2.52. The first kappa shape index (κ1) is 15.8. The number of nitrogens with one attached hydrogen (secondary N) is 2. The zero-order valence-corrected chi connectivity index (χ0v) is 13.4. The number of H-pyrrole nitrogens is 1. The number of aromatic nitrogens is 3. The number of carbonyl (C=O) groups is 1. The van der Waals surface area contributed by atoms with Crippen LogP contribution in [0.4, 0.5) is 4.39 Å². The van der Waals surface area contributed by atoms with Crippen molar-refractivity contribution in [2.75, 3.05) is 0 Å². The Morgan fingerprint density at radius 3 is 2.92 bits per heavy atom. The van der Waals surface area contributed by atoms with Crippen LogP contribution >= 0.6 is 0 Å². The van der Waals surface area contributed by atoms with Crippen molar-refractivity contribution in [2.24, 2.45) is 0 Å². The summed E-state index contributed by atoms with van der Waals surface area (Å²) in [5, 5.41) is 13.2. The Hall–Kier alpha value is -3.68. The molecule has 0 saturated carbocycles. The second-order valence-electron chi connectivity index (χ2n) is 5.51. The number of furan rings is 1. The largest absolute Gasteiger partial charge is 0.461 e. The van der Waals surface area contributed by atoms with Crippen LogP contribution < -0.4 is 5.32 Å². The molecule has 0 fully saturated rings. The van der Waals surface area contributed by atoms with E-state index in [1.165, 1.54) is 24.6 Å². The van der Waals surface area contributed by atoms with Crippen molar-refractivity contribution in [1.82, 2.24) is 20.7 Å². The van der Waals surface area contributed by atoms with Crippen LogP contribution in [-0.2, 0) is 6.54 Å². The normalized spacial score (nSPS) is 10.8. The maximum atomic E-state index is 13.4. The van der Waals surface area contributed by atoms with Gasteiger partial charge in [-0.15, -0.1) is 0 Å². The van der Waals surface area contributed by atoms with Crippen molar-refractivity contribution in [2.45, 2.75) is 6.54 Å². The molecule has 0 atom stereocenters. The van der Waals surface area contributed by atoms with Crippen LogP contribution in [0.3, 0.4) is 0 Å². The van der Waals surface area contributed by atoms with Gasteiger partial charge in [0.15, 0.2) is 5.76 Å². The highest BCUT2D eigenvalue weighted by atomic mass is 19.1. The van der Waals surface area contributed by atoms with Crippen LogP contribution in [0, 0.1) is 5.82 Å². The first-order valence-corrected chi connectivity index (χ1v) is 7.77. The summed E-state index contributed by atoms with van der Waals surface area (Å²) in [6, 6.07) is 11.1. The number of amides is 1. The quantitative estimate of drug-likeness (QED) is 0.574. The molecule has 0 aliphatic rings. The van der Waals surface area contributed by atoms with Crippen LogP contribution in [0.5, 0.6) is 0 Å².